The molecular weight excluding hydrogens is 285 g/mol. The van der Waals surface area contributed by atoms with Gasteiger partial charge >= 0.3 is 0 Å². The zero-order valence-electron chi connectivity index (χ0n) is 9.91. The number of hydrogen-bond acceptors (Lipinski definition) is 4. The Bertz CT molecular complexity index is 753. The molecule has 0 saturated carbocycles. The maximum Gasteiger partial charge on any atom is 0.226 e. The van der Waals surface area contributed by atoms with E-state index < -0.39 is 0 Å². The number of aryl methyl sites for hydroxylation is 1. The average Bonchev–Trinajstić information content (AvgIpc) is 2.82. The predicted octanol–water partition coefficient (Wildman–Crippen LogP) is 3.71. The van der Waals surface area contributed by atoms with Gasteiger partial charge in [-0.2, -0.15) is 15.1 Å². The number of fused-ring (bicyclic) bond motifs is 1. The maximum atomic E-state index is 6.09. The molecule has 5 nitrogen and oxygen atoms in total. The van der Waals surface area contributed by atoms with Gasteiger partial charge in [0.05, 0.1) is 11.6 Å². The minimum atomic E-state index is 0.150. The number of aromatic amines is 1. The van der Waals surface area contributed by atoms with Gasteiger partial charge < -0.3 is 5.32 Å². The summed E-state index contributed by atoms with van der Waals surface area (Å²) in [6.45, 7) is 1.95. The van der Waals surface area contributed by atoms with Gasteiger partial charge in [-0.05, 0) is 36.2 Å². The SMILES string of the molecule is Cc1ccc(Nc2nc(Cl)nc3[nH]ncc23)cc1Cl. The molecule has 96 valence electrons. The molecule has 19 heavy (non-hydrogen) atoms. The van der Waals surface area contributed by atoms with Crippen LogP contribution in [0, 0.1) is 6.92 Å². The Morgan fingerprint density at radius 3 is 2.84 bits per heavy atom. The predicted molar refractivity (Wildman–Crippen MR) is 76.2 cm³/mol. The lowest BCUT2D eigenvalue weighted by molar-refractivity contribution is 1.09. The normalized spacial score (nSPS) is 10.9. The molecule has 2 aromatic heterocycles. The summed E-state index contributed by atoms with van der Waals surface area (Å²) in [6, 6.07) is 5.68. The summed E-state index contributed by atoms with van der Waals surface area (Å²) in [7, 11) is 0. The van der Waals surface area contributed by atoms with Crippen LogP contribution in [0.1, 0.15) is 5.56 Å². The van der Waals surface area contributed by atoms with E-state index in [4.69, 9.17) is 23.2 Å². The Morgan fingerprint density at radius 1 is 1.21 bits per heavy atom. The van der Waals surface area contributed by atoms with Crippen molar-refractivity contribution in [1.29, 1.82) is 0 Å². The van der Waals surface area contributed by atoms with Crippen molar-refractivity contribution in [2.24, 2.45) is 0 Å². The molecule has 3 rings (SSSR count). The molecule has 7 heteroatoms. The first kappa shape index (κ1) is 12.2. The van der Waals surface area contributed by atoms with E-state index in [2.05, 4.69) is 25.5 Å². The first-order valence-electron chi connectivity index (χ1n) is 5.53. The van der Waals surface area contributed by atoms with Crippen LogP contribution < -0.4 is 5.32 Å². The minimum Gasteiger partial charge on any atom is -0.339 e. The molecule has 0 amide bonds. The fourth-order valence-corrected chi connectivity index (χ4v) is 2.06. The molecule has 1 aromatic carbocycles. The van der Waals surface area contributed by atoms with Gasteiger partial charge in [0.2, 0.25) is 5.28 Å². The van der Waals surface area contributed by atoms with Crippen molar-refractivity contribution in [2.75, 3.05) is 5.32 Å². The van der Waals surface area contributed by atoms with E-state index in [0.29, 0.717) is 16.5 Å². The number of anilines is 2. The molecule has 0 unspecified atom stereocenters. The number of benzene rings is 1. The monoisotopic (exact) mass is 293 g/mol. The highest BCUT2D eigenvalue weighted by Gasteiger charge is 2.09. The highest BCUT2D eigenvalue weighted by atomic mass is 35.5. The molecule has 0 aliphatic carbocycles. The Hall–Kier alpha value is -1.85. The summed E-state index contributed by atoms with van der Waals surface area (Å²) in [5.74, 6) is 0.587. The highest BCUT2D eigenvalue weighted by Crippen LogP contribution is 2.26. The Morgan fingerprint density at radius 2 is 2.05 bits per heavy atom. The molecule has 2 N–H and O–H groups in total. The molecule has 0 spiro atoms. The van der Waals surface area contributed by atoms with Gasteiger partial charge in [0.15, 0.2) is 5.65 Å². The third-order valence-electron chi connectivity index (χ3n) is 2.72. The van der Waals surface area contributed by atoms with Crippen LogP contribution in [-0.2, 0) is 0 Å². The third-order valence-corrected chi connectivity index (χ3v) is 3.29. The largest absolute Gasteiger partial charge is 0.339 e. The first-order valence-corrected chi connectivity index (χ1v) is 6.29. The van der Waals surface area contributed by atoms with Crippen LogP contribution in [0.5, 0.6) is 0 Å². The fourth-order valence-electron chi connectivity index (χ4n) is 1.71. The summed E-state index contributed by atoms with van der Waals surface area (Å²) < 4.78 is 0. The topological polar surface area (TPSA) is 66.5 Å². The number of nitrogens with zero attached hydrogens (tertiary/aromatic N) is 3. The zero-order chi connectivity index (χ0) is 13.4. The number of aromatic nitrogens is 4. The number of rotatable bonds is 2. The third kappa shape index (κ3) is 2.34. The van der Waals surface area contributed by atoms with Gasteiger partial charge in [-0.25, -0.2) is 0 Å². The Labute approximate surface area is 119 Å². The van der Waals surface area contributed by atoms with Crippen molar-refractivity contribution in [3.63, 3.8) is 0 Å². The van der Waals surface area contributed by atoms with Gasteiger partial charge in [-0.3, -0.25) is 5.10 Å². The molecule has 0 atom stereocenters. The molecule has 0 saturated heterocycles. The van der Waals surface area contributed by atoms with Crippen molar-refractivity contribution in [3.05, 3.63) is 40.3 Å². The van der Waals surface area contributed by atoms with Crippen LogP contribution >= 0.6 is 23.2 Å². The standard InChI is InChI=1S/C12H9Cl2N5/c1-6-2-3-7(4-9(6)13)16-10-8-5-15-19-11(8)18-12(14)17-10/h2-5H,1H3,(H2,15,16,17,18,19). The van der Waals surface area contributed by atoms with Gasteiger partial charge in [0.25, 0.3) is 0 Å². The van der Waals surface area contributed by atoms with E-state index in [1.54, 1.807) is 6.20 Å². The van der Waals surface area contributed by atoms with E-state index in [9.17, 15) is 0 Å². The van der Waals surface area contributed by atoms with Crippen molar-refractivity contribution in [2.45, 2.75) is 6.92 Å². The molecule has 0 aliphatic rings. The number of nitrogens with one attached hydrogen (secondary N) is 2. The molecule has 3 aromatic rings. The average molecular weight is 294 g/mol. The Kier molecular flexibility index (Phi) is 3.00. The summed E-state index contributed by atoms with van der Waals surface area (Å²) in [5.41, 5.74) is 2.43. The van der Waals surface area contributed by atoms with E-state index >= 15 is 0 Å². The van der Waals surface area contributed by atoms with Crippen LogP contribution in [0.25, 0.3) is 11.0 Å². The minimum absolute atomic E-state index is 0.150. The first-order chi connectivity index (χ1) is 9.13. The van der Waals surface area contributed by atoms with Gasteiger partial charge in [-0.1, -0.05) is 17.7 Å². The van der Waals surface area contributed by atoms with Crippen LogP contribution in [0.3, 0.4) is 0 Å². The van der Waals surface area contributed by atoms with Crippen molar-refractivity contribution >= 4 is 45.7 Å². The maximum absolute atomic E-state index is 6.09. The van der Waals surface area contributed by atoms with Gasteiger partial charge in [0.1, 0.15) is 5.82 Å². The molecule has 2 heterocycles. The second kappa shape index (κ2) is 4.68. The number of hydrogen-bond donors (Lipinski definition) is 2. The Balaban J connectivity index is 2.04. The van der Waals surface area contributed by atoms with Gasteiger partial charge in [0, 0.05) is 10.7 Å². The van der Waals surface area contributed by atoms with E-state index in [1.807, 2.05) is 25.1 Å². The lowest BCUT2D eigenvalue weighted by Crippen LogP contribution is -1.96. The summed E-state index contributed by atoms with van der Waals surface area (Å²) in [6.07, 6.45) is 1.64. The van der Waals surface area contributed by atoms with Crippen LogP contribution in [0.4, 0.5) is 11.5 Å². The molecule has 0 radical (unpaired) electrons. The quantitative estimate of drug-likeness (QED) is 0.707. The highest BCUT2D eigenvalue weighted by molar-refractivity contribution is 6.31. The molecule has 0 fully saturated rings. The zero-order valence-corrected chi connectivity index (χ0v) is 11.4. The van der Waals surface area contributed by atoms with Crippen LogP contribution in [-0.4, -0.2) is 20.2 Å². The smallest absolute Gasteiger partial charge is 0.226 e. The van der Waals surface area contributed by atoms with Crippen LogP contribution in [0.15, 0.2) is 24.4 Å². The molecule has 0 bridgehead atoms. The number of halogens is 2. The van der Waals surface area contributed by atoms with E-state index in [1.165, 1.54) is 0 Å². The lowest BCUT2D eigenvalue weighted by Gasteiger charge is -2.08. The second-order valence-electron chi connectivity index (χ2n) is 4.06. The van der Waals surface area contributed by atoms with Crippen molar-refractivity contribution in [1.82, 2.24) is 20.2 Å². The van der Waals surface area contributed by atoms with E-state index in [-0.39, 0.29) is 5.28 Å². The van der Waals surface area contributed by atoms with Crippen molar-refractivity contribution < 1.29 is 0 Å². The second-order valence-corrected chi connectivity index (χ2v) is 4.81. The summed E-state index contributed by atoms with van der Waals surface area (Å²) in [5, 5.41) is 11.4. The number of H-pyrrole nitrogens is 1. The van der Waals surface area contributed by atoms with Crippen LogP contribution in [0.2, 0.25) is 10.3 Å². The molecule has 0 aliphatic heterocycles. The lowest BCUT2D eigenvalue weighted by atomic mass is 10.2. The van der Waals surface area contributed by atoms with E-state index in [0.717, 1.165) is 16.6 Å². The fraction of sp³-hybridized carbons (Fsp3) is 0.0833. The van der Waals surface area contributed by atoms with Crippen molar-refractivity contribution in [3.8, 4) is 0 Å². The summed E-state index contributed by atoms with van der Waals surface area (Å²) >= 11 is 12.0. The summed E-state index contributed by atoms with van der Waals surface area (Å²) in [4.78, 5) is 8.20. The van der Waals surface area contributed by atoms with Gasteiger partial charge in [-0.15, -0.1) is 0 Å². The molecular formula is C12H9Cl2N5.